The summed E-state index contributed by atoms with van der Waals surface area (Å²) in [6, 6.07) is 0. The van der Waals surface area contributed by atoms with E-state index in [1.165, 1.54) is 5.56 Å². The second-order valence-electron chi connectivity index (χ2n) is 1.60. The summed E-state index contributed by atoms with van der Waals surface area (Å²) in [6.07, 6.45) is 6.21. The van der Waals surface area contributed by atoms with Gasteiger partial charge < -0.3 is 0 Å². The van der Waals surface area contributed by atoms with Gasteiger partial charge in [0.05, 0.1) is 0 Å². The molecule has 0 saturated carbocycles. The van der Waals surface area contributed by atoms with Gasteiger partial charge in [-0.15, -0.1) is 0 Å². The molecule has 0 amide bonds. The lowest BCUT2D eigenvalue weighted by Gasteiger charge is -1.88. The third-order valence-electron chi connectivity index (χ3n) is 1.02. The molecule has 42 valence electrons. The lowest BCUT2D eigenvalue weighted by Crippen LogP contribution is -1.81. The van der Waals surface area contributed by atoms with Crippen LogP contribution in [-0.4, -0.2) is 9.97 Å². The molecule has 1 rings (SSSR count). The lowest BCUT2D eigenvalue weighted by molar-refractivity contribution is 1.04. The van der Waals surface area contributed by atoms with E-state index in [1.807, 2.05) is 12.4 Å². The Morgan fingerprint density at radius 2 is 2.00 bits per heavy atom. The van der Waals surface area contributed by atoms with Crippen LogP contribution in [0.2, 0.25) is 0 Å². The third kappa shape index (κ3) is 1.03. The molecule has 1 heterocycles. The van der Waals surface area contributed by atoms with Crippen molar-refractivity contribution in [2.45, 2.75) is 13.3 Å². The molecule has 0 atom stereocenters. The van der Waals surface area contributed by atoms with Gasteiger partial charge in [-0.3, -0.25) is 0 Å². The fourth-order valence-corrected chi connectivity index (χ4v) is 0.513. The van der Waals surface area contributed by atoms with Gasteiger partial charge in [0, 0.05) is 12.4 Å². The maximum absolute atomic E-state index is 3.84. The molecule has 0 aliphatic carbocycles. The third-order valence-corrected chi connectivity index (χ3v) is 1.02. The van der Waals surface area contributed by atoms with Crippen LogP contribution in [0.3, 0.4) is 0 Å². The van der Waals surface area contributed by atoms with Crippen LogP contribution in [0.5, 0.6) is 0 Å². The van der Waals surface area contributed by atoms with Gasteiger partial charge in [-0.1, -0.05) is 6.92 Å². The first-order chi connectivity index (χ1) is 3.93. The second-order valence-corrected chi connectivity index (χ2v) is 1.60. The van der Waals surface area contributed by atoms with E-state index in [0.717, 1.165) is 6.42 Å². The minimum absolute atomic E-state index is 1.01. The van der Waals surface area contributed by atoms with Gasteiger partial charge in [0.2, 0.25) is 0 Å². The van der Waals surface area contributed by atoms with E-state index in [4.69, 9.17) is 0 Å². The minimum atomic E-state index is 1.01. The molecule has 0 aliphatic heterocycles. The summed E-state index contributed by atoms with van der Waals surface area (Å²) in [5, 5.41) is 0. The predicted molar refractivity (Wildman–Crippen MR) is 31.4 cm³/mol. The van der Waals surface area contributed by atoms with E-state index >= 15 is 0 Å². The molecule has 1 aromatic heterocycles. The Morgan fingerprint density at radius 1 is 1.38 bits per heavy atom. The highest BCUT2D eigenvalue weighted by molar-refractivity contribution is 5.00. The first-order valence-electron chi connectivity index (χ1n) is 2.67. The van der Waals surface area contributed by atoms with Crippen LogP contribution in [0.15, 0.2) is 18.7 Å². The largest absolute Gasteiger partial charge is 0.245 e. The Hall–Kier alpha value is -0.920. The zero-order valence-electron chi connectivity index (χ0n) is 4.83. The number of rotatable bonds is 1. The van der Waals surface area contributed by atoms with Crippen molar-refractivity contribution < 1.29 is 0 Å². The molecule has 2 nitrogen and oxygen atoms in total. The number of hydrogen-bond donors (Lipinski definition) is 0. The summed E-state index contributed by atoms with van der Waals surface area (Å²) < 4.78 is 0. The average molecular weight is 108 g/mol. The fourth-order valence-electron chi connectivity index (χ4n) is 0.513. The van der Waals surface area contributed by atoms with Crippen LogP contribution in [0.4, 0.5) is 0 Å². The molecular weight excluding hydrogens is 100 g/mol. The zero-order valence-corrected chi connectivity index (χ0v) is 4.83. The summed E-state index contributed by atoms with van der Waals surface area (Å²) in [7, 11) is 0. The van der Waals surface area contributed by atoms with Gasteiger partial charge in [0.1, 0.15) is 6.33 Å². The van der Waals surface area contributed by atoms with Crippen LogP contribution in [0.25, 0.3) is 0 Å². The van der Waals surface area contributed by atoms with Crippen molar-refractivity contribution in [3.8, 4) is 0 Å². The van der Waals surface area contributed by atoms with Gasteiger partial charge in [-0.05, 0) is 12.0 Å². The van der Waals surface area contributed by atoms with Gasteiger partial charge in [0.25, 0.3) is 0 Å². The number of aromatic nitrogens is 2. The van der Waals surface area contributed by atoms with Gasteiger partial charge in [-0.2, -0.15) is 0 Å². The van der Waals surface area contributed by atoms with Crippen LogP contribution >= 0.6 is 0 Å². The Balaban J connectivity index is 2.83. The highest BCUT2D eigenvalue weighted by Crippen LogP contribution is 1.90. The van der Waals surface area contributed by atoms with Crippen molar-refractivity contribution in [3.05, 3.63) is 24.3 Å². The fraction of sp³-hybridized carbons (Fsp3) is 0.333. The summed E-state index contributed by atoms with van der Waals surface area (Å²) in [5.74, 6) is 0. The quantitative estimate of drug-likeness (QED) is 0.537. The molecule has 0 radical (unpaired) electrons. The maximum Gasteiger partial charge on any atom is 0.115 e. The topological polar surface area (TPSA) is 25.8 Å². The van der Waals surface area contributed by atoms with Crippen LogP contribution in [0.1, 0.15) is 12.5 Å². The van der Waals surface area contributed by atoms with Gasteiger partial charge in [0.15, 0.2) is 0 Å². The van der Waals surface area contributed by atoms with Crippen LogP contribution in [-0.2, 0) is 6.42 Å². The minimum Gasteiger partial charge on any atom is -0.245 e. The summed E-state index contributed by atoms with van der Waals surface area (Å²) in [4.78, 5) is 7.69. The molecular formula is C6H8N2. The van der Waals surface area contributed by atoms with Crippen molar-refractivity contribution in [3.63, 3.8) is 0 Å². The molecule has 0 saturated heterocycles. The molecule has 1 aromatic rings. The summed E-state index contributed by atoms with van der Waals surface area (Å²) in [6.45, 7) is 2.08. The van der Waals surface area contributed by atoms with E-state index < -0.39 is 0 Å². The molecule has 0 spiro atoms. The number of aryl methyl sites for hydroxylation is 1. The van der Waals surface area contributed by atoms with E-state index in [1.54, 1.807) is 6.33 Å². The van der Waals surface area contributed by atoms with Gasteiger partial charge in [-0.25, -0.2) is 9.97 Å². The number of hydrogen-bond acceptors (Lipinski definition) is 2. The first-order valence-corrected chi connectivity index (χ1v) is 2.67. The standard InChI is InChI=1S/C6H8N2/c1-2-6-3-7-5-8-4-6/h3-5H,2H2,1H3. The maximum atomic E-state index is 3.84. The van der Waals surface area contributed by atoms with Crippen LogP contribution < -0.4 is 0 Å². The molecule has 0 unspecified atom stereocenters. The van der Waals surface area contributed by atoms with Crippen molar-refractivity contribution in [1.29, 1.82) is 0 Å². The Labute approximate surface area is 48.6 Å². The Bertz CT molecular complexity index is 148. The predicted octanol–water partition coefficient (Wildman–Crippen LogP) is 1.04. The molecule has 0 N–H and O–H groups in total. The highest BCUT2D eigenvalue weighted by Gasteiger charge is 1.82. The number of nitrogens with zero attached hydrogens (tertiary/aromatic N) is 2. The molecule has 0 aromatic carbocycles. The monoisotopic (exact) mass is 108 g/mol. The van der Waals surface area contributed by atoms with Crippen molar-refractivity contribution >= 4 is 0 Å². The first kappa shape index (κ1) is 5.22. The molecule has 0 bridgehead atoms. The van der Waals surface area contributed by atoms with E-state index in [-0.39, 0.29) is 0 Å². The Morgan fingerprint density at radius 3 is 2.38 bits per heavy atom. The van der Waals surface area contributed by atoms with Crippen LogP contribution in [0, 0.1) is 0 Å². The Kier molecular flexibility index (Phi) is 1.57. The summed E-state index contributed by atoms with van der Waals surface area (Å²) >= 11 is 0. The van der Waals surface area contributed by atoms with Crippen molar-refractivity contribution in [2.75, 3.05) is 0 Å². The molecule has 2 heteroatoms. The SMILES string of the molecule is CCc1cncnc1. The van der Waals surface area contributed by atoms with E-state index in [2.05, 4.69) is 16.9 Å². The zero-order chi connectivity index (χ0) is 5.82. The molecule has 0 aliphatic rings. The van der Waals surface area contributed by atoms with E-state index in [9.17, 15) is 0 Å². The average Bonchev–Trinajstić information content (AvgIpc) is 1.90. The van der Waals surface area contributed by atoms with Crippen molar-refractivity contribution in [1.82, 2.24) is 9.97 Å². The highest BCUT2D eigenvalue weighted by atomic mass is 14.8. The van der Waals surface area contributed by atoms with E-state index in [0.29, 0.717) is 0 Å². The normalized spacial score (nSPS) is 9.12. The van der Waals surface area contributed by atoms with Crippen molar-refractivity contribution in [2.24, 2.45) is 0 Å². The molecule has 8 heavy (non-hydrogen) atoms. The molecule has 0 fully saturated rings. The lowest BCUT2D eigenvalue weighted by atomic mass is 10.3. The summed E-state index contributed by atoms with van der Waals surface area (Å²) in [5.41, 5.74) is 1.19. The smallest absolute Gasteiger partial charge is 0.115 e. The van der Waals surface area contributed by atoms with Gasteiger partial charge >= 0.3 is 0 Å². The second kappa shape index (κ2) is 2.40.